The number of nitrogens with zero attached hydrogens (tertiary/aromatic N) is 3. The van der Waals surface area contributed by atoms with Crippen LogP contribution in [-0.4, -0.2) is 26.4 Å². The van der Waals surface area contributed by atoms with Crippen molar-refractivity contribution in [3.63, 3.8) is 0 Å². The summed E-state index contributed by atoms with van der Waals surface area (Å²) in [6.45, 7) is 4.64. The number of benzene rings is 1. The normalized spacial score (nSPS) is 13.0. The van der Waals surface area contributed by atoms with Crippen molar-refractivity contribution in [3.05, 3.63) is 47.5 Å². The minimum absolute atomic E-state index is 0.0945. The number of fused-ring (bicyclic) bond motifs is 1. The molecule has 0 bridgehead atoms. The van der Waals surface area contributed by atoms with Crippen LogP contribution in [0.2, 0.25) is 0 Å². The van der Waals surface area contributed by atoms with E-state index in [-0.39, 0.29) is 12.3 Å². The molecule has 0 saturated carbocycles. The van der Waals surface area contributed by atoms with Crippen LogP contribution < -0.4 is 5.32 Å². The van der Waals surface area contributed by atoms with Gasteiger partial charge in [-0.25, -0.2) is 4.98 Å². The van der Waals surface area contributed by atoms with Crippen molar-refractivity contribution in [1.82, 2.24) is 14.7 Å². The molecule has 0 atom stereocenters. The first-order valence-electron chi connectivity index (χ1n) is 8.13. The molecule has 1 amide bonds. The van der Waals surface area contributed by atoms with Gasteiger partial charge >= 0.3 is 0 Å². The molecule has 0 spiro atoms. The van der Waals surface area contributed by atoms with Crippen LogP contribution in [0.1, 0.15) is 17.0 Å². The van der Waals surface area contributed by atoms with Crippen LogP contribution in [0.15, 0.2) is 40.1 Å². The molecular formula is C18H18N4O2S. The fraction of sp³-hybridized carbons (Fsp3) is 0.278. The molecule has 0 fully saturated rings. The first-order valence-corrected chi connectivity index (χ1v) is 9.11. The monoisotopic (exact) mass is 354 g/mol. The van der Waals surface area contributed by atoms with E-state index in [1.54, 1.807) is 11.8 Å². The largest absolute Gasteiger partial charge is 0.361 e. The summed E-state index contributed by atoms with van der Waals surface area (Å²) >= 11 is 1.76. The summed E-state index contributed by atoms with van der Waals surface area (Å²) in [7, 11) is 0. The van der Waals surface area contributed by atoms with Crippen molar-refractivity contribution in [1.29, 1.82) is 0 Å². The number of aryl methyl sites for hydroxylation is 3. The Morgan fingerprint density at radius 2 is 2.20 bits per heavy atom. The average Bonchev–Trinajstić information content (AvgIpc) is 3.26. The highest BCUT2D eigenvalue weighted by atomic mass is 32.2. The van der Waals surface area contributed by atoms with E-state index in [9.17, 15) is 4.79 Å². The molecule has 1 aliphatic heterocycles. The Hall–Kier alpha value is -2.54. The molecule has 6 nitrogen and oxygen atoms in total. The zero-order chi connectivity index (χ0) is 17.4. The van der Waals surface area contributed by atoms with Gasteiger partial charge in [-0.15, -0.1) is 0 Å². The highest BCUT2D eigenvalue weighted by molar-refractivity contribution is 7.99. The molecule has 2 aromatic heterocycles. The first-order chi connectivity index (χ1) is 12.1. The zero-order valence-electron chi connectivity index (χ0n) is 14.1. The van der Waals surface area contributed by atoms with Gasteiger partial charge in [-0.2, -0.15) is 0 Å². The number of amides is 1. The van der Waals surface area contributed by atoms with Crippen LogP contribution in [0.25, 0.3) is 11.3 Å². The molecule has 0 aliphatic carbocycles. The van der Waals surface area contributed by atoms with Gasteiger partial charge in [-0.05, 0) is 19.9 Å². The van der Waals surface area contributed by atoms with Crippen LogP contribution in [0.3, 0.4) is 0 Å². The Morgan fingerprint density at radius 3 is 2.96 bits per heavy atom. The van der Waals surface area contributed by atoms with E-state index in [0.29, 0.717) is 5.76 Å². The topological polar surface area (TPSA) is 73.0 Å². The molecule has 1 aliphatic rings. The van der Waals surface area contributed by atoms with Crippen LogP contribution >= 0.6 is 11.8 Å². The van der Waals surface area contributed by atoms with Crippen molar-refractivity contribution in [2.75, 3.05) is 11.1 Å². The lowest BCUT2D eigenvalue weighted by molar-refractivity contribution is -0.115. The van der Waals surface area contributed by atoms with E-state index < -0.39 is 0 Å². The van der Waals surface area contributed by atoms with E-state index >= 15 is 0 Å². The maximum Gasteiger partial charge on any atom is 0.229 e. The minimum atomic E-state index is -0.0945. The average molecular weight is 354 g/mol. The lowest BCUT2D eigenvalue weighted by atomic mass is 10.1. The van der Waals surface area contributed by atoms with E-state index in [2.05, 4.69) is 26.2 Å². The maximum atomic E-state index is 12.5. The second-order valence-corrected chi connectivity index (χ2v) is 7.09. The number of thioether (sulfide) groups is 1. The molecule has 25 heavy (non-hydrogen) atoms. The number of anilines is 1. The molecule has 7 heteroatoms. The number of imidazole rings is 1. The first kappa shape index (κ1) is 16.0. The van der Waals surface area contributed by atoms with E-state index in [1.165, 1.54) is 0 Å². The van der Waals surface area contributed by atoms with Gasteiger partial charge in [0.05, 0.1) is 23.5 Å². The maximum absolute atomic E-state index is 12.5. The third kappa shape index (κ3) is 3.07. The van der Waals surface area contributed by atoms with Gasteiger partial charge < -0.3 is 14.4 Å². The predicted octanol–water partition coefficient (Wildman–Crippen LogP) is 3.44. The summed E-state index contributed by atoms with van der Waals surface area (Å²) in [6, 6.07) is 7.75. The van der Waals surface area contributed by atoms with Gasteiger partial charge in [0.25, 0.3) is 0 Å². The summed E-state index contributed by atoms with van der Waals surface area (Å²) in [5, 5.41) is 7.94. The summed E-state index contributed by atoms with van der Waals surface area (Å²) < 4.78 is 7.28. The molecule has 0 unspecified atom stereocenters. The third-order valence-electron chi connectivity index (χ3n) is 4.30. The van der Waals surface area contributed by atoms with Crippen LogP contribution in [0, 0.1) is 13.8 Å². The lowest BCUT2D eigenvalue weighted by Crippen LogP contribution is -2.15. The Morgan fingerprint density at radius 1 is 1.36 bits per heavy atom. The molecular weight excluding hydrogens is 336 g/mol. The van der Waals surface area contributed by atoms with Crippen molar-refractivity contribution >= 4 is 23.4 Å². The summed E-state index contributed by atoms with van der Waals surface area (Å²) in [6.07, 6.45) is 2.29. The lowest BCUT2D eigenvalue weighted by Gasteiger charge is -2.09. The Bertz CT molecular complexity index is 903. The van der Waals surface area contributed by atoms with Crippen molar-refractivity contribution in [3.8, 4) is 11.3 Å². The van der Waals surface area contributed by atoms with Crippen molar-refractivity contribution in [2.45, 2.75) is 32.0 Å². The summed E-state index contributed by atoms with van der Waals surface area (Å²) in [5.74, 6) is 1.66. The molecule has 1 aromatic carbocycles. The van der Waals surface area contributed by atoms with Crippen LogP contribution in [0.5, 0.6) is 0 Å². The number of carbonyl (C=O) groups is 1. The predicted molar refractivity (Wildman–Crippen MR) is 96.7 cm³/mol. The second-order valence-electron chi connectivity index (χ2n) is 6.02. The molecule has 0 radical (unpaired) electrons. The highest BCUT2D eigenvalue weighted by Gasteiger charge is 2.18. The number of rotatable bonds is 4. The number of hydrogen-bond acceptors (Lipinski definition) is 5. The molecule has 4 rings (SSSR count). The van der Waals surface area contributed by atoms with Gasteiger partial charge in [0.1, 0.15) is 5.76 Å². The molecule has 128 valence electrons. The van der Waals surface area contributed by atoms with Gasteiger partial charge in [0.2, 0.25) is 5.91 Å². The van der Waals surface area contributed by atoms with Gasteiger partial charge in [0, 0.05) is 29.6 Å². The Balaban J connectivity index is 1.57. The fourth-order valence-electron chi connectivity index (χ4n) is 2.96. The van der Waals surface area contributed by atoms with Gasteiger partial charge in [0.15, 0.2) is 5.16 Å². The number of aromatic nitrogens is 3. The Kier molecular flexibility index (Phi) is 4.09. The van der Waals surface area contributed by atoms with Crippen LogP contribution in [-0.2, 0) is 17.8 Å². The number of para-hydroxylation sites is 1. The minimum Gasteiger partial charge on any atom is -0.361 e. The quantitative estimate of drug-likeness (QED) is 0.777. The third-order valence-corrected chi connectivity index (χ3v) is 5.27. The van der Waals surface area contributed by atoms with E-state index in [4.69, 9.17) is 4.52 Å². The highest BCUT2D eigenvalue weighted by Crippen LogP contribution is 2.32. The fourth-order valence-corrected chi connectivity index (χ4v) is 3.91. The Labute approximate surface area is 149 Å². The van der Waals surface area contributed by atoms with E-state index in [0.717, 1.165) is 45.7 Å². The van der Waals surface area contributed by atoms with Gasteiger partial charge in [-0.3, -0.25) is 4.79 Å². The molecule has 0 saturated heterocycles. The van der Waals surface area contributed by atoms with Gasteiger partial charge in [-0.1, -0.05) is 35.1 Å². The molecule has 3 aromatic rings. The summed E-state index contributed by atoms with van der Waals surface area (Å²) in [4.78, 5) is 17.2. The summed E-state index contributed by atoms with van der Waals surface area (Å²) in [5.41, 5.74) is 4.17. The van der Waals surface area contributed by atoms with Crippen LogP contribution in [0.4, 0.5) is 5.69 Å². The number of nitrogens with one attached hydrogen (secondary N) is 1. The SMILES string of the molecule is Cc1noc(C)c1CC(=O)Nc1ccccc1-c1cn2c(n1)SCC2. The smallest absolute Gasteiger partial charge is 0.229 e. The van der Waals surface area contributed by atoms with E-state index in [1.807, 2.05) is 38.1 Å². The molecule has 1 N–H and O–H groups in total. The van der Waals surface area contributed by atoms with Crippen molar-refractivity contribution < 1.29 is 9.32 Å². The number of carbonyl (C=O) groups excluding carboxylic acids is 1. The standard InChI is InChI=1S/C18H18N4O2S/c1-11-14(12(2)24-21-11)9-17(23)19-15-6-4-3-5-13(15)16-10-22-7-8-25-18(22)20-16/h3-6,10H,7-9H2,1-2H3,(H,19,23). The molecule has 3 heterocycles. The zero-order valence-corrected chi connectivity index (χ0v) is 14.9. The van der Waals surface area contributed by atoms with Crippen molar-refractivity contribution in [2.24, 2.45) is 0 Å². The number of hydrogen-bond donors (Lipinski definition) is 1. The second kappa shape index (κ2) is 6.40.